The Morgan fingerprint density at radius 3 is 2.13 bits per heavy atom. The largest absolute Gasteiger partial charge is 0.350 e. The fourth-order valence-corrected chi connectivity index (χ4v) is 3.28. The highest BCUT2D eigenvalue weighted by Gasteiger charge is 2.23. The van der Waals surface area contributed by atoms with Crippen LogP contribution in [0.5, 0.6) is 0 Å². The molecule has 0 fully saturated rings. The Bertz CT molecular complexity index is 965. The minimum absolute atomic E-state index is 0.00125. The molecule has 6 nitrogen and oxygen atoms in total. The summed E-state index contributed by atoms with van der Waals surface area (Å²) in [5.74, 6) is -0.639. The van der Waals surface area contributed by atoms with Crippen molar-refractivity contribution in [1.82, 2.24) is 14.8 Å². The van der Waals surface area contributed by atoms with Gasteiger partial charge in [0, 0.05) is 37.1 Å². The first kappa shape index (κ1) is 23.7. The third-order valence-corrected chi connectivity index (χ3v) is 5.07. The van der Waals surface area contributed by atoms with Crippen LogP contribution in [0.15, 0.2) is 41.5 Å². The average Bonchev–Trinajstić information content (AvgIpc) is 2.67. The highest BCUT2D eigenvalue weighted by Crippen LogP contribution is 2.17. The molecule has 1 heterocycles. The molecule has 2 amide bonds. The first-order valence-corrected chi connectivity index (χ1v) is 10.5. The zero-order valence-electron chi connectivity index (χ0n) is 18.4. The van der Waals surface area contributed by atoms with E-state index in [1.165, 1.54) is 17.3 Å². The molecule has 7 heteroatoms. The molecular weight excluding hydrogens is 402 g/mol. The topological polar surface area (TPSA) is 71.4 Å². The summed E-state index contributed by atoms with van der Waals surface area (Å²) in [6.45, 7) is 10.2. The van der Waals surface area contributed by atoms with Gasteiger partial charge in [0.1, 0.15) is 11.1 Å². The Kier molecular flexibility index (Phi) is 7.84. The van der Waals surface area contributed by atoms with Crippen LogP contribution in [-0.4, -0.2) is 34.9 Å². The smallest absolute Gasteiger partial charge is 0.259 e. The summed E-state index contributed by atoms with van der Waals surface area (Å²) in [7, 11) is 1.66. The number of carbonyl (C=O) groups is 2. The average molecular weight is 432 g/mol. The summed E-state index contributed by atoms with van der Waals surface area (Å²) < 4.78 is 1.72. The number of carbonyl (C=O) groups excluding carboxylic acids is 2. The van der Waals surface area contributed by atoms with Gasteiger partial charge in [-0.3, -0.25) is 14.4 Å². The molecule has 1 aromatic heterocycles. The number of benzene rings is 1. The summed E-state index contributed by atoms with van der Waals surface area (Å²) in [6, 6.07) is 6.78. The molecule has 0 saturated heterocycles. The van der Waals surface area contributed by atoms with Crippen molar-refractivity contribution in [3.05, 3.63) is 68.6 Å². The van der Waals surface area contributed by atoms with Crippen LogP contribution >= 0.6 is 11.6 Å². The van der Waals surface area contributed by atoms with Crippen molar-refractivity contribution < 1.29 is 9.59 Å². The summed E-state index contributed by atoms with van der Waals surface area (Å²) in [6.07, 6.45) is 3.04. The molecule has 0 saturated carbocycles. The van der Waals surface area contributed by atoms with Crippen molar-refractivity contribution in [3.8, 4) is 0 Å². The van der Waals surface area contributed by atoms with Crippen LogP contribution in [0, 0.1) is 5.92 Å². The lowest BCUT2D eigenvalue weighted by atomic mass is 10.1. The molecule has 1 aromatic carbocycles. The Labute approximate surface area is 182 Å². The lowest BCUT2D eigenvalue weighted by molar-refractivity contribution is 0.0777. The predicted octanol–water partition coefficient (Wildman–Crippen LogP) is 4.30. The summed E-state index contributed by atoms with van der Waals surface area (Å²) >= 11 is 5.92. The predicted molar refractivity (Wildman–Crippen MR) is 120 cm³/mol. The van der Waals surface area contributed by atoms with Crippen molar-refractivity contribution in [2.45, 2.75) is 46.7 Å². The van der Waals surface area contributed by atoms with Gasteiger partial charge < -0.3 is 14.8 Å². The SMILES string of the molecule is CC(C)CN(C)C(=O)c1cn(C(C)C)cc(C(=O)N[C@@H](C)c2ccc(Cl)cc2)c1=O. The maximum absolute atomic E-state index is 13.0. The fourth-order valence-electron chi connectivity index (χ4n) is 3.16. The second-order valence-corrected chi connectivity index (χ2v) is 8.72. The minimum Gasteiger partial charge on any atom is -0.350 e. The number of hydrogen-bond donors (Lipinski definition) is 1. The first-order valence-electron chi connectivity index (χ1n) is 10.1. The van der Waals surface area contributed by atoms with Gasteiger partial charge in [-0.2, -0.15) is 0 Å². The van der Waals surface area contributed by atoms with Crippen molar-refractivity contribution >= 4 is 23.4 Å². The quantitative estimate of drug-likeness (QED) is 0.710. The number of rotatable bonds is 7. The molecule has 0 radical (unpaired) electrons. The monoisotopic (exact) mass is 431 g/mol. The Morgan fingerprint density at radius 1 is 1.03 bits per heavy atom. The summed E-state index contributed by atoms with van der Waals surface area (Å²) in [4.78, 5) is 40.4. The number of pyridine rings is 1. The van der Waals surface area contributed by atoms with Gasteiger partial charge in [0.2, 0.25) is 5.43 Å². The molecule has 162 valence electrons. The van der Waals surface area contributed by atoms with Crippen LogP contribution in [0.4, 0.5) is 0 Å². The van der Waals surface area contributed by atoms with Gasteiger partial charge in [0.25, 0.3) is 11.8 Å². The van der Waals surface area contributed by atoms with E-state index in [1.807, 2.05) is 46.8 Å². The lowest BCUT2D eigenvalue weighted by Crippen LogP contribution is -2.38. The van der Waals surface area contributed by atoms with E-state index in [1.54, 1.807) is 23.7 Å². The van der Waals surface area contributed by atoms with Crippen LogP contribution in [0.25, 0.3) is 0 Å². The van der Waals surface area contributed by atoms with Crippen molar-refractivity contribution in [2.24, 2.45) is 5.92 Å². The van der Waals surface area contributed by atoms with Crippen LogP contribution in [0.1, 0.15) is 73.0 Å². The third-order valence-electron chi connectivity index (χ3n) is 4.82. The number of amides is 2. The van der Waals surface area contributed by atoms with Gasteiger partial charge in [0.05, 0.1) is 6.04 Å². The van der Waals surface area contributed by atoms with Gasteiger partial charge in [-0.25, -0.2) is 0 Å². The van der Waals surface area contributed by atoms with E-state index in [-0.39, 0.29) is 35.0 Å². The summed E-state index contributed by atoms with van der Waals surface area (Å²) in [5, 5.41) is 3.45. The molecule has 0 aliphatic heterocycles. The molecule has 30 heavy (non-hydrogen) atoms. The molecular formula is C23H30ClN3O3. The van der Waals surface area contributed by atoms with E-state index >= 15 is 0 Å². The molecule has 0 unspecified atom stereocenters. The van der Waals surface area contributed by atoms with Gasteiger partial charge in [-0.15, -0.1) is 0 Å². The van der Waals surface area contributed by atoms with Gasteiger partial charge in [-0.05, 0) is 44.4 Å². The fraction of sp³-hybridized carbons (Fsp3) is 0.435. The normalized spacial score (nSPS) is 12.2. The van der Waals surface area contributed by atoms with Crippen LogP contribution in [-0.2, 0) is 0 Å². The molecule has 0 aliphatic carbocycles. The molecule has 2 rings (SSSR count). The van der Waals surface area contributed by atoms with E-state index < -0.39 is 11.3 Å². The summed E-state index contributed by atoms with van der Waals surface area (Å²) in [5.41, 5.74) is 0.251. The number of nitrogens with zero attached hydrogens (tertiary/aromatic N) is 2. The lowest BCUT2D eigenvalue weighted by Gasteiger charge is -2.21. The van der Waals surface area contributed by atoms with E-state index in [4.69, 9.17) is 11.6 Å². The first-order chi connectivity index (χ1) is 14.0. The van der Waals surface area contributed by atoms with Crippen molar-refractivity contribution in [2.75, 3.05) is 13.6 Å². The van der Waals surface area contributed by atoms with E-state index in [9.17, 15) is 14.4 Å². The van der Waals surface area contributed by atoms with Gasteiger partial charge in [0.15, 0.2) is 0 Å². The highest BCUT2D eigenvalue weighted by atomic mass is 35.5. The van der Waals surface area contributed by atoms with Crippen LogP contribution in [0.2, 0.25) is 5.02 Å². The molecule has 2 aromatic rings. The zero-order chi connectivity index (χ0) is 22.6. The van der Waals surface area contributed by atoms with Crippen LogP contribution < -0.4 is 10.7 Å². The van der Waals surface area contributed by atoms with E-state index in [0.29, 0.717) is 11.6 Å². The maximum atomic E-state index is 13.0. The Morgan fingerprint density at radius 2 is 1.60 bits per heavy atom. The van der Waals surface area contributed by atoms with Crippen LogP contribution in [0.3, 0.4) is 0 Å². The van der Waals surface area contributed by atoms with E-state index in [2.05, 4.69) is 5.32 Å². The molecule has 0 bridgehead atoms. The second-order valence-electron chi connectivity index (χ2n) is 8.28. The molecule has 1 N–H and O–H groups in total. The van der Waals surface area contributed by atoms with Crippen molar-refractivity contribution in [3.63, 3.8) is 0 Å². The number of nitrogens with one attached hydrogen (secondary N) is 1. The molecule has 1 atom stereocenters. The zero-order valence-corrected chi connectivity index (χ0v) is 19.2. The Hall–Kier alpha value is -2.60. The molecule has 0 aliphatic rings. The number of aromatic nitrogens is 1. The molecule has 0 spiro atoms. The van der Waals surface area contributed by atoms with E-state index in [0.717, 1.165) is 5.56 Å². The maximum Gasteiger partial charge on any atom is 0.259 e. The number of hydrogen-bond acceptors (Lipinski definition) is 3. The van der Waals surface area contributed by atoms with Gasteiger partial charge >= 0.3 is 0 Å². The number of halogens is 1. The standard InChI is InChI=1S/C23H30ClN3O3/c1-14(2)11-26(6)23(30)20-13-27(15(3)4)12-19(21(20)28)22(29)25-16(5)17-7-9-18(24)10-8-17/h7-10,12-16H,11H2,1-6H3,(H,25,29)/t16-/m0/s1. The van der Waals surface area contributed by atoms with Crippen molar-refractivity contribution in [1.29, 1.82) is 0 Å². The second kappa shape index (κ2) is 9.94. The van der Waals surface area contributed by atoms with Gasteiger partial charge in [-0.1, -0.05) is 37.6 Å². The minimum atomic E-state index is -0.562. The highest BCUT2D eigenvalue weighted by molar-refractivity contribution is 6.30. The third kappa shape index (κ3) is 5.72. The Balaban J connectivity index is 2.39.